The molecule has 4 rings (SSSR count). The number of methoxy groups -OCH3 is 2. The number of amides is 2. The molecular weight excluding hydrogens is 440 g/mol. The molecule has 0 aromatic heterocycles. The number of carbonyl (C=O) groups excluding carboxylic acids is 2. The first-order chi connectivity index (χ1) is 17.0. The molecule has 2 amide bonds. The molecule has 1 saturated carbocycles. The summed E-state index contributed by atoms with van der Waals surface area (Å²) in [4.78, 5) is 29.4. The molecule has 0 aliphatic heterocycles. The Balaban J connectivity index is 1.65. The average Bonchev–Trinajstić information content (AvgIpc) is 3.39. The second-order valence-corrected chi connectivity index (χ2v) is 8.91. The second-order valence-electron chi connectivity index (χ2n) is 8.91. The third kappa shape index (κ3) is 5.65. The number of carbonyl (C=O) groups is 2. The molecule has 1 aliphatic rings. The Kier molecular flexibility index (Phi) is 7.70. The van der Waals surface area contributed by atoms with Crippen molar-refractivity contribution in [2.75, 3.05) is 19.5 Å². The average molecular weight is 473 g/mol. The van der Waals surface area contributed by atoms with Gasteiger partial charge < -0.3 is 19.7 Å². The molecular formula is C29H32N2O4. The Morgan fingerprint density at radius 3 is 1.94 bits per heavy atom. The van der Waals surface area contributed by atoms with Crippen molar-refractivity contribution in [2.24, 2.45) is 0 Å². The third-order valence-electron chi connectivity index (χ3n) is 6.72. The van der Waals surface area contributed by atoms with E-state index in [9.17, 15) is 9.59 Å². The summed E-state index contributed by atoms with van der Waals surface area (Å²) < 4.78 is 10.5. The van der Waals surface area contributed by atoms with Crippen LogP contribution in [0.25, 0.3) is 0 Å². The van der Waals surface area contributed by atoms with Gasteiger partial charge in [-0.25, -0.2) is 0 Å². The summed E-state index contributed by atoms with van der Waals surface area (Å²) in [5.74, 6) is 1.27. The van der Waals surface area contributed by atoms with Crippen LogP contribution in [-0.4, -0.2) is 36.5 Å². The largest absolute Gasteiger partial charge is 0.497 e. The van der Waals surface area contributed by atoms with Crippen molar-refractivity contribution >= 4 is 17.5 Å². The van der Waals surface area contributed by atoms with Crippen molar-refractivity contribution in [2.45, 2.75) is 44.2 Å². The van der Waals surface area contributed by atoms with Crippen LogP contribution in [0.15, 0.2) is 78.9 Å². The highest BCUT2D eigenvalue weighted by Gasteiger charge is 2.48. The molecule has 0 unspecified atom stereocenters. The van der Waals surface area contributed by atoms with E-state index in [-0.39, 0.29) is 18.2 Å². The Morgan fingerprint density at radius 2 is 1.37 bits per heavy atom. The lowest BCUT2D eigenvalue weighted by atomic mass is 9.91. The van der Waals surface area contributed by atoms with Gasteiger partial charge in [-0.3, -0.25) is 9.59 Å². The number of hydrogen-bond acceptors (Lipinski definition) is 4. The van der Waals surface area contributed by atoms with E-state index in [1.54, 1.807) is 19.1 Å². The van der Waals surface area contributed by atoms with Gasteiger partial charge in [-0.15, -0.1) is 0 Å². The number of ether oxygens (including phenoxy) is 2. The Morgan fingerprint density at radius 1 is 0.800 bits per heavy atom. The van der Waals surface area contributed by atoms with E-state index in [0.717, 1.165) is 35.5 Å². The molecule has 0 spiro atoms. The van der Waals surface area contributed by atoms with E-state index < -0.39 is 5.54 Å². The molecule has 1 fully saturated rings. The van der Waals surface area contributed by atoms with E-state index in [1.165, 1.54) is 0 Å². The van der Waals surface area contributed by atoms with E-state index in [4.69, 9.17) is 9.47 Å². The van der Waals surface area contributed by atoms with Crippen LogP contribution < -0.4 is 14.8 Å². The number of nitrogens with zero attached hydrogens (tertiary/aromatic N) is 1. The van der Waals surface area contributed by atoms with Crippen LogP contribution in [0.3, 0.4) is 0 Å². The molecule has 182 valence electrons. The molecule has 6 nitrogen and oxygen atoms in total. The summed E-state index contributed by atoms with van der Waals surface area (Å²) in [5.41, 5.74) is 1.66. The van der Waals surface area contributed by atoms with Gasteiger partial charge in [-0.1, -0.05) is 55.3 Å². The zero-order chi connectivity index (χ0) is 24.7. The molecule has 1 aliphatic carbocycles. The van der Waals surface area contributed by atoms with Gasteiger partial charge in [0.05, 0.1) is 20.6 Å². The van der Waals surface area contributed by atoms with Gasteiger partial charge in [0.1, 0.15) is 17.0 Å². The SMILES string of the molecule is COc1ccc(CN(C(=O)Cc2ccccc2)C2(C(=O)Nc3ccc(OC)cc3)CCCC2)cc1. The van der Waals surface area contributed by atoms with E-state index >= 15 is 0 Å². The van der Waals surface area contributed by atoms with E-state index in [2.05, 4.69) is 5.32 Å². The standard InChI is InChI=1S/C29H32N2O4/c1-34-25-14-10-23(11-15-25)21-31(27(32)20-22-8-4-3-5-9-22)29(18-6-7-19-29)28(33)30-24-12-16-26(35-2)17-13-24/h3-5,8-17H,6-7,18-21H2,1-2H3,(H,30,33). The van der Waals surface area contributed by atoms with Gasteiger partial charge in [0.2, 0.25) is 11.8 Å². The van der Waals surface area contributed by atoms with Crippen molar-refractivity contribution in [3.63, 3.8) is 0 Å². The Bertz CT molecular complexity index is 1120. The first-order valence-electron chi connectivity index (χ1n) is 12.0. The highest BCUT2D eigenvalue weighted by molar-refractivity contribution is 6.01. The number of nitrogens with one attached hydrogen (secondary N) is 1. The topological polar surface area (TPSA) is 67.9 Å². The van der Waals surface area contributed by atoms with Crippen molar-refractivity contribution < 1.29 is 19.1 Å². The second kappa shape index (κ2) is 11.1. The molecule has 0 heterocycles. The van der Waals surface area contributed by atoms with Crippen LogP contribution in [0, 0.1) is 0 Å². The predicted octanol–water partition coefficient (Wildman–Crippen LogP) is 5.23. The van der Waals surface area contributed by atoms with Crippen LogP contribution in [-0.2, 0) is 22.6 Å². The first-order valence-corrected chi connectivity index (χ1v) is 12.0. The van der Waals surface area contributed by atoms with Gasteiger partial charge in [-0.05, 0) is 60.4 Å². The summed E-state index contributed by atoms with van der Waals surface area (Å²) in [5, 5.41) is 3.07. The maximum atomic E-state index is 13.8. The fourth-order valence-corrected chi connectivity index (χ4v) is 4.76. The fourth-order valence-electron chi connectivity index (χ4n) is 4.76. The van der Waals surface area contributed by atoms with Crippen LogP contribution in [0.4, 0.5) is 5.69 Å². The normalized spacial score (nSPS) is 14.2. The Hall–Kier alpha value is -3.80. The molecule has 3 aromatic rings. The van der Waals surface area contributed by atoms with Crippen LogP contribution in [0.1, 0.15) is 36.8 Å². The summed E-state index contributed by atoms with van der Waals surface area (Å²) in [6, 6.07) is 24.6. The van der Waals surface area contributed by atoms with Gasteiger partial charge in [0, 0.05) is 12.2 Å². The highest BCUT2D eigenvalue weighted by Crippen LogP contribution is 2.38. The summed E-state index contributed by atoms with van der Waals surface area (Å²) >= 11 is 0. The van der Waals surface area contributed by atoms with Crippen LogP contribution >= 0.6 is 0 Å². The lowest BCUT2D eigenvalue weighted by Crippen LogP contribution is -2.57. The van der Waals surface area contributed by atoms with Crippen molar-refractivity contribution in [3.8, 4) is 11.5 Å². The maximum absolute atomic E-state index is 13.8. The third-order valence-corrected chi connectivity index (χ3v) is 6.72. The molecule has 35 heavy (non-hydrogen) atoms. The molecule has 6 heteroatoms. The fraction of sp³-hybridized carbons (Fsp3) is 0.310. The van der Waals surface area contributed by atoms with Gasteiger partial charge in [0.15, 0.2) is 0 Å². The predicted molar refractivity (Wildman–Crippen MR) is 137 cm³/mol. The van der Waals surface area contributed by atoms with Gasteiger partial charge in [0.25, 0.3) is 0 Å². The van der Waals surface area contributed by atoms with Crippen LogP contribution in [0.5, 0.6) is 11.5 Å². The monoisotopic (exact) mass is 472 g/mol. The van der Waals surface area contributed by atoms with Crippen molar-refractivity contribution in [1.29, 1.82) is 0 Å². The van der Waals surface area contributed by atoms with Crippen molar-refractivity contribution in [1.82, 2.24) is 4.90 Å². The van der Waals surface area contributed by atoms with E-state index in [0.29, 0.717) is 25.1 Å². The lowest BCUT2D eigenvalue weighted by molar-refractivity contribution is -0.145. The quantitative estimate of drug-likeness (QED) is 0.463. The van der Waals surface area contributed by atoms with Crippen LogP contribution in [0.2, 0.25) is 0 Å². The molecule has 0 bridgehead atoms. The number of hydrogen-bond donors (Lipinski definition) is 1. The molecule has 3 aromatic carbocycles. The minimum Gasteiger partial charge on any atom is -0.497 e. The minimum absolute atomic E-state index is 0.0567. The summed E-state index contributed by atoms with van der Waals surface area (Å²) in [7, 11) is 3.23. The summed E-state index contributed by atoms with van der Waals surface area (Å²) in [6.07, 6.45) is 3.30. The molecule has 0 atom stereocenters. The number of anilines is 1. The summed E-state index contributed by atoms with van der Waals surface area (Å²) in [6.45, 7) is 0.353. The number of benzene rings is 3. The maximum Gasteiger partial charge on any atom is 0.250 e. The number of rotatable bonds is 9. The molecule has 0 radical (unpaired) electrons. The van der Waals surface area contributed by atoms with Gasteiger partial charge >= 0.3 is 0 Å². The Labute approximate surface area is 206 Å². The molecule has 0 saturated heterocycles. The van der Waals surface area contributed by atoms with E-state index in [1.807, 2.05) is 78.9 Å². The zero-order valence-electron chi connectivity index (χ0n) is 20.3. The minimum atomic E-state index is -0.911. The smallest absolute Gasteiger partial charge is 0.250 e. The van der Waals surface area contributed by atoms with Gasteiger partial charge in [-0.2, -0.15) is 0 Å². The van der Waals surface area contributed by atoms with Crippen molar-refractivity contribution in [3.05, 3.63) is 90.0 Å². The lowest BCUT2D eigenvalue weighted by Gasteiger charge is -2.40. The zero-order valence-corrected chi connectivity index (χ0v) is 20.3. The first kappa shape index (κ1) is 24.3. The molecule has 1 N–H and O–H groups in total. The highest BCUT2D eigenvalue weighted by atomic mass is 16.5.